The van der Waals surface area contributed by atoms with Gasteiger partial charge in [0.15, 0.2) is 5.65 Å². The molecule has 5 heteroatoms. The Balaban J connectivity index is 2.07. The van der Waals surface area contributed by atoms with Crippen molar-refractivity contribution in [2.75, 3.05) is 0 Å². The molecule has 0 aliphatic heterocycles. The van der Waals surface area contributed by atoms with Crippen molar-refractivity contribution < 1.29 is 0 Å². The Bertz CT molecular complexity index is 860. The fourth-order valence-electron chi connectivity index (χ4n) is 2.50. The van der Waals surface area contributed by atoms with Gasteiger partial charge in [0.25, 0.3) is 5.56 Å². The molecule has 3 aromatic rings. The van der Waals surface area contributed by atoms with Crippen LogP contribution in [0.15, 0.2) is 35.5 Å². The topological polar surface area (TPSA) is 52.7 Å². The standard InChI is InChI=1S/C16H18N4O/c1-4-20-15-14(8-18-20)16(21)19(10-17-15)9-13-7-11(2)5-6-12(13)3/h5-8,10H,4,9H2,1-3H3. The van der Waals surface area contributed by atoms with E-state index in [1.807, 2.05) is 6.92 Å². The molecule has 0 aliphatic rings. The summed E-state index contributed by atoms with van der Waals surface area (Å²) in [5.74, 6) is 0. The third kappa shape index (κ3) is 2.35. The van der Waals surface area contributed by atoms with Crippen LogP contribution in [-0.2, 0) is 13.1 Å². The number of rotatable bonds is 3. The lowest BCUT2D eigenvalue weighted by Crippen LogP contribution is -2.21. The summed E-state index contributed by atoms with van der Waals surface area (Å²) in [5.41, 5.74) is 4.12. The Morgan fingerprint density at radius 1 is 1.24 bits per heavy atom. The van der Waals surface area contributed by atoms with Crippen LogP contribution in [0.1, 0.15) is 23.6 Å². The molecule has 0 saturated heterocycles. The van der Waals surface area contributed by atoms with Crippen LogP contribution in [0.3, 0.4) is 0 Å². The van der Waals surface area contributed by atoms with Crippen molar-refractivity contribution in [2.45, 2.75) is 33.9 Å². The number of aromatic nitrogens is 4. The average Bonchev–Trinajstić information content (AvgIpc) is 2.89. The van der Waals surface area contributed by atoms with E-state index in [1.165, 1.54) is 11.1 Å². The van der Waals surface area contributed by atoms with Gasteiger partial charge in [-0.25, -0.2) is 9.67 Å². The van der Waals surface area contributed by atoms with Crippen LogP contribution in [0.5, 0.6) is 0 Å². The second-order valence-corrected chi connectivity index (χ2v) is 5.31. The minimum atomic E-state index is -0.0411. The van der Waals surface area contributed by atoms with Gasteiger partial charge < -0.3 is 0 Å². The predicted molar refractivity (Wildman–Crippen MR) is 82.5 cm³/mol. The van der Waals surface area contributed by atoms with Gasteiger partial charge in [0.2, 0.25) is 0 Å². The molecule has 0 unspecified atom stereocenters. The molecule has 0 saturated carbocycles. The number of aryl methyl sites for hydroxylation is 3. The molecule has 108 valence electrons. The van der Waals surface area contributed by atoms with Crippen LogP contribution in [-0.4, -0.2) is 19.3 Å². The lowest BCUT2D eigenvalue weighted by molar-refractivity contribution is 0.671. The monoisotopic (exact) mass is 282 g/mol. The molecule has 0 N–H and O–H groups in total. The van der Waals surface area contributed by atoms with Gasteiger partial charge in [-0.05, 0) is 31.9 Å². The summed E-state index contributed by atoms with van der Waals surface area (Å²) >= 11 is 0. The van der Waals surface area contributed by atoms with E-state index in [9.17, 15) is 4.79 Å². The summed E-state index contributed by atoms with van der Waals surface area (Å²) in [5, 5.41) is 4.77. The van der Waals surface area contributed by atoms with Gasteiger partial charge in [-0.15, -0.1) is 0 Å². The number of benzene rings is 1. The lowest BCUT2D eigenvalue weighted by Gasteiger charge is -2.09. The van der Waals surface area contributed by atoms with E-state index < -0.39 is 0 Å². The highest BCUT2D eigenvalue weighted by Gasteiger charge is 2.10. The Morgan fingerprint density at radius 3 is 2.81 bits per heavy atom. The van der Waals surface area contributed by atoms with Crippen LogP contribution in [0.25, 0.3) is 11.0 Å². The Kier molecular flexibility index (Phi) is 3.33. The van der Waals surface area contributed by atoms with Gasteiger partial charge >= 0.3 is 0 Å². The Hall–Kier alpha value is -2.43. The largest absolute Gasteiger partial charge is 0.294 e. The smallest absolute Gasteiger partial charge is 0.264 e. The molecule has 5 nitrogen and oxygen atoms in total. The van der Waals surface area contributed by atoms with Crippen LogP contribution < -0.4 is 5.56 Å². The third-order valence-electron chi connectivity index (χ3n) is 3.77. The number of fused-ring (bicyclic) bond motifs is 1. The highest BCUT2D eigenvalue weighted by molar-refractivity contribution is 5.72. The molecule has 0 atom stereocenters. The Labute approximate surface area is 122 Å². The van der Waals surface area contributed by atoms with Gasteiger partial charge in [0.1, 0.15) is 11.7 Å². The maximum atomic E-state index is 12.5. The molecule has 3 rings (SSSR count). The van der Waals surface area contributed by atoms with E-state index in [2.05, 4.69) is 42.1 Å². The zero-order chi connectivity index (χ0) is 15.0. The van der Waals surface area contributed by atoms with Crippen molar-refractivity contribution in [1.29, 1.82) is 0 Å². The second-order valence-electron chi connectivity index (χ2n) is 5.31. The lowest BCUT2D eigenvalue weighted by atomic mass is 10.1. The van der Waals surface area contributed by atoms with Crippen molar-refractivity contribution in [3.63, 3.8) is 0 Å². The van der Waals surface area contributed by atoms with Gasteiger partial charge in [-0.2, -0.15) is 5.10 Å². The molecule has 0 bridgehead atoms. The van der Waals surface area contributed by atoms with E-state index in [0.29, 0.717) is 24.1 Å². The van der Waals surface area contributed by atoms with Crippen molar-refractivity contribution in [1.82, 2.24) is 19.3 Å². The minimum absolute atomic E-state index is 0.0411. The molecule has 21 heavy (non-hydrogen) atoms. The predicted octanol–water partition coefficient (Wildman–Crippen LogP) is 2.28. The summed E-state index contributed by atoms with van der Waals surface area (Å²) in [4.78, 5) is 16.9. The molecule has 2 aromatic heterocycles. The molecule has 2 heterocycles. The summed E-state index contributed by atoms with van der Waals surface area (Å²) < 4.78 is 3.38. The first-order valence-electron chi connectivity index (χ1n) is 7.07. The zero-order valence-electron chi connectivity index (χ0n) is 12.5. The maximum Gasteiger partial charge on any atom is 0.264 e. The van der Waals surface area contributed by atoms with Crippen LogP contribution in [0, 0.1) is 13.8 Å². The van der Waals surface area contributed by atoms with Gasteiger partial charge in [-0.1, -0.05) is 23.8 Å². The number of nitrogens with zero attached hydrogens (tertiary/aromatic N) is 4. The second kappa shape index (κ2) is 5.16. The molecule has 0 aliphatic carbocycles. The molecule has 0 radical (unpaired) electrons. The van der Waals surface area contributed by atoms with E-state index >= 15 is 0 Å². The summed E-state index contributed by atoms with van der Waals surface area (Å²) in [6, 6.07) is 6.27. The molecular weight excluding hydrogens is 264 g/mol. The van der Waals surface area contributed by atoms with Crippen LogP contribution in [0.2, 0.25) is 0 Å². The highest BCUT2D eigenvalue weighted by atomic mass is 16.1. The van der Waals surface area contributed by atoms with Crippen LogP contribution >= 0.6 is 0 Å². The minimum Gasteiger partial charge on any atom is -0.294 e. The zero-order valence-corrected chi connectivity index (χ0v) is 12.5. The van der Waals surface area contributed by atoms with Gasteiger partial charge in [0.05, 0.1) is 12.7 Å². The summed E-state index contributed by atoms with van der Waals surface area (Å²) in [6.07, 6.45) is 3.22. The maximum absolute atomic E-state index is 12.5. The molecule has 0 amide bonds. The van der Waals surface area contributed by atoms with Crippen molar-refractivity contribution in [3.05, 3.63) is 57.8 Å². The van der Waals surface area contributed by atoms with E-state index in [-0.39, 0.29) is 5.56 Å². The van der Waals surface area contributed by atoms with Crippen molar-refractivity contribution in [3.8, 4) is 0 Å². The van der Waals surface area contributed by atoms with Crippen molar-refractivity contribution in [2.24, 2.45) is 0 Å². The number of hydrogen-bond acceptors (Lipinski definition) is 3. The van der Waals surface area contributed by atoms with E-state index in [4.69, 9.17) is 0 Å². The van der Waals surface area contributed by atoms with E-state index in [0.717, 1.165) is 5.56 Å². The van der Waals surface area contributed by atoms with E-state index in [1.54, 1.807) is 21.8 Å². The number of hydrogen-bond donors (Lipinski definition) is 0. The average molecular weight is 282 g/mol. The summed E-state index contributed by atoms with van der Waals surface area (Å²) in [6.45, 7) is 7.33. The molecule has 1 aromatic carbocycles. The van der Waals surface area contributed by atoms with Crippen molar-refractivity contribution >= 4 is 11.0 Å². The SMILES string of the molecule is CCn1ncc2c(=O)n(Cc3cc(C)ccc3C)cnc21. The normalized spacial score (nSPS) is 11.2. The fraction of sp³-hybridized carbons (Fsp3) is 0.312. The van der Waals surface area contributed by atoms with Crippen LogP contribution in [0.4, 0.5) is 0 Å². The highest BCUT2D eigenvalue weighted by Crippen LogP contribution is 2.12. The van der Waals surface area contributed by atoms with Gasteiger partial charge in [0, 0.05) is 6.54 Å². The molecule has 0 fully saturated rings. The Morgan fingerprint density at radius 2 is 2.05 bits per heavy atom. The quantitative estimate of drug-likeness (QED) is 0.740. The van der Waals surface area contributed by atoms with Gasteiger partial charge in [-0.3, -0.25) is 9.36 Å². The molecule has 0 spiro atoms. The fourth-order valence-corrected chi connectivity index (χ4v) is 2.50. The summed E-state index contributed by atoms with van der Waals surface area (Å²) in [7, 11) is 0. The first-order chi connectivity index (χ1) is 10.1. The molecular formula is C16H18N4O. The first kappa shape index (κ1) is 13.5. The third-order valence-corrected chi connectivity index (χ3v) is 3.77. The first-order valence-corrected chi connectivity index (χ1v) is 7.07.